The summed E-state index contributed by atoms with van der Waals surface area (Å²) in [5.74, 6) is 0. The first kappa shape index (κ1) is 20.4. The van der Waals surface area contributed by atoms with Gasteiger partial charge in [0, 0.05) is 27.7 Å². The van der Waals surface area contributed by atoms with Crippen molar-refractivity contribution >= 4 is 34.0 Å². The van der Waals surface area contributed by atoms with Crippen molar-refractivity contribution in [2.75, 3.05) is 0 Å². The lowest BCUT2D eigenvalue weighted by atomic mass is 9.83. The minimum absolute atomic E-state index is 0.0256. The number of fused-ring (bicyclic) bond motifs is 4. The molecule has 5 heteroatoms. The number of aromatic amines is 1. The number of rotatable bonds is 2. The van der Waals surface area contributed by atoms with E-state index in [0.29, 0.717) is 4.53 Å². The zero-order valence-electron chi connectivity index (χ0n) is 19.3. The largest absolute Gasteiger partial charge is 0.358 e. The molecule has 0 radical (unpaired) electrons. The maximum absolute atomic E-state index is 13.9. The lowest BCUT2D eigenvalue weighted by Crippen LogP contribution is -2.38. The topological polar surface area (TPSA) is 50.1 Å². The molecule has 1 atom stereocenters. The van der Waals surface area contributed by atoms with Crippen LogP contribution in [0.4, 0.5) is 0 Å². The zero-order chi connectivity index (χ0) is 23.5. The summed E-state index contributed by atoms with van der Waals surface area (Å²) in [7, 11) is 0. The average molecular weight is 474 g/mol. The fraction of sp³-hybridized carbons (Fsp3) is 0.133. The van der Waals surface area contributed by atoms with Crippen molar-refractivity contribution in [3.8, 4) is 0 Å². The molecule has 4 nitrogen and oxygen atoms in total. The molecule has 5 aromatic rings. The maximum atomic E-state index is 13.9. The second-order valence-electron chi connectivity index (χ2n) is 9.23. The molecular formula is C30H23N3OS. The number of aromatic nitrogens is 2. The van der Waals surface area contributed by atoms with Gasteiger partial charge in [0.05, 0.1) is 16.3 Å². The number of H-pyrrole nitrogens is 1. The molecule has 0 spiro atoms. The van der Waals surface area contributed by atoms with Crippen LogP contribution in [0.5, 0.6) is 0 Å². The molecule has 0 saturated heterocycles. The second-order valence-corrected chi connectivity index (χ2v) is 10.2. The van der Waals surface area contributed by atoms with Crippen molar-refractivity contribution in [3.63, 3.8) is 0 Å². The van der Waals surface area contributed by atoms with E-state index in [1.165, 1.54) is 28.0 Å². The Labute approximate surface area is 206 Å². The molecule has 35 heavy (non-hydrogen) atoms. The predicted octanol–water partition coefficient (Wildman–Crippen LogP) is 5.11. The lowest BCUT2D eigenvalue weighted by Gasteiger charge is -2.30. The molecule has 3 aromatic carbocycles. The number of nitrogens with zero attached hydrogens (tertiary/aromatic N) is 2. The Kier molecular flexibility index (Phi) is 4.54. The highest BCUT2D eigenvalue weighted by molar-refractivity contribution is 7.07. The van der Waals surface area contributed by atoms with Crippen LogP contribution in [0.3, 0.4) is 0 Å². The summed E-state index contributed by atoms with van der Waals surface area (Å²) in [5.41, 5.74) is 9.16. The summed E-state index contributed by atoms with van der Waals surface area (Å²) >= 11 is 1.49. The Balaban J connectivity index is 1.51. The molecule has 3 heterocycles. The van der Waals surface area contributed by atoms with Gasteiger partial charge in [-0.3, -0.25) is 9.36 Å². The van der Waals surface area contributed by atoms with Gasteiger partial charge in [-0.2, -0.15) is 0 Å². The van der Waals surface area contributed by atoms with Crippen molar-refractivity contribution in [2.45, 2.75) is 25.8 Å². The van der Waals surface area contributed by atoms with Crippen molar-refractivity contribution in [2.24, 2.45) is 4.99 Å². The molecule has 2 aliphatic rings. The standard InChI is InChI=1S/C30H23N3OS/c1-18-24(22-13-7-8-14-25(22)31-18)17-26-29(34)33-28(20-10-3-2-4-11-20)23-16-15-19-9-5-6-12-21(19)27(23)32-30(33)35-26/h2-14,17,28,31H,15-16H2,1H3/b26-17-. The Morgan fingerprint density at radius 3 is 2.63 bits per heavy atom. The van der Waals surface area contributed by atoms with Gasteiger partial charge in [-0.1, -0.05) is 84.1 Å². The Bertz CT molecular complexity index is 1840. The Hall–Kier alpha value is -3.96. The number of nitrogens with one attached hydrogen (secondary N) is 1. The maximum Gasteiger partial charge on any atom is 0.271 e. The van der Waals surface area contributed by atoms with Crippen LogP contribution in [-0.4, -0.2) is 9.55 Å². The highest BCUT2D eigenvalue weighted by Gasteiger charge is 2.32. The van der Waals surface area contributed by atoms with Gasteiger partial charge in [-0.25, -0.2) is 4.99 Å². The SMILES string of the molecule is Cc1[nH]c2ccccc2c1/C=c1\sc2n(c1=O)C(c1ccccc1)C1=C(N=2)c2ccccc2CC1. The van der Waals surface area contributed by atoms with E-state index in [1.807, 2.05) is 28.8 Å². The van der Waals surface area contributed by atoms with E-state index in [0.717, 1.165) is 51.1 Å². The molecule has 1 N–H and O–H groups in total. The molecule has 0 bridgehead atoms. The Morgan fingerprint density at radius 2 is 1.74 bits per heavy atom. The molecule has 1 aliphatic carbocycles. The highest BCUT2D eigenvalue weighted by atomic mass is 32.1. The van der Waals surface area contributed by atoms with Gasteiger partial charge < -0.3 is 4.98 Å². The molecular weight excluding hydrogens is 450 g/mol. The first-order valence-corrected chi connectivity index (χ1v) is 12.8. The number of allylic oxidation sites excluding steroid dienone is 1. The van der Waals surface area contributed by atoms with Gasteiger partial charge in [0.2, 0.25) is 0 Å². The first-order chi connectivity index (χ1) is 17.2. The Morgan fingerprint density at radius 1 is 0.971 bits per heavy atom. The van der Waals surface area contributed by atoms with E-state index < -0.39 is 0 Å². The zero-order valence-corrected chi connectivity index (χ0v) is 20.1. The number of para-hydroxylation sites is 1. The highest BCUT2D eigenvalue weighted by Crippen LogP contribution is 2.41. The smallest absolute Gasteiger partial charge is 0.271 e. The molecule has 170 valence electrons. The fourth-order valence-electron chi connectivity index (χ4n) is 5.57. The molecule has 0 saturated carbocycles. The van der Waals surface area contributed by atoms with Gasteiger partial charge in [0.1, 0.15) is 0 Å². The molecule has 1 aliphatic heterocycles. The minimum Gasteiger partial charge on any atom is -0.358 e. The van der Waals surface area contributed by atoms with E-state index in [-0.39, 0.29) is 11.6 Å². The minimum atomic E-state index is -0.137. The van der Waals surface area contributed by atoms with Crippen molar-refractivity contribution in [3.05, 3.63) is 132 Å². The van der Waals surface area contributed by atoms with Crippen LogP contribution < -0.4 is 14.9 Å². The van der Waals surface area contributed by atoms with Crippen LogP contribution in [-0.2, 0) is 6.42 Å². The molecule has 1 unspecified atom stereocenters. The van der Waals surface area contributed by atoms with E-state index >= 15 is 0 Å². The van der Waals surface area contributed by atoms with E-state index in [4.69, 9.17) is 4.99 Å². The number of hydrogen-bond acceptors (Lipinski definition) is 3. The predicted molar refractivity (Wildman–Crippen MR) is 142 cm³/mol. The van der Waals surface area contributed by atoms with Crippen molar-refractivity contribution in [1.29, 1.82) is 0 Å². The van der Waals surface area contributed by atoms with Gasteiger partial charge in [-0.15, -0.1) is 0 Å². The number of benzene rings is 3. The number of aryl methyl sites for hydroxylation is 2. The summed E-state index contributed by atoms with van der Waals surface area (Å²) in [4.78, 5) is 23.3. The van der Waals surface area contributed by atoms with Crippen LogP contribution in [0, 0.1) is 6.92 Å². The lowest BCUT2D eigenvalue weighted by molar-refractivity contribution is 0.585. The van der Waals surface area contributed by atoms with Gasteiger partial charge in [0.15, 0.2) is 4.80 Å². The van der Waals surface area contributed by atoms with Crippen LogP contribution >= 0.6 is 11.3 Å². The third kappa shape index (κ3) is 3.12. The average Bonchev–Trinajstić information content (AvgIpc) is 3.38. The van der Waals surface area contributed by atoms with Crippen molar-refractivity contribution < 1.29 is 0 Å². The fourth-order valence-corrected chi connectivity index (χ4v) is 6.56. The summed E-state index contributed by atoms with van der Waals surface area (Å²) in [6.07, 6.45) is 3.91. The molecule has 0 amide bonds. The van der Waals surface area contributed by atoms with Crippen molar-refractivity contribution in [1.82, 2.24) is 9.55 Å². The van der Waals surface area contributed by atoms with E-state index in [2.05, 4.69) is 72.6 Å². The normalized spacial score (nSPS) is 17.2. The van der Waals surface area contributed by atoms with Crippen LogP contribution in [0.1, 0.15) is 40.4 Å². The van der Waals surface area contributed by atoms with Crippen LogP contribution in [0.15, 0.2) is 94.2 Å². The second kappa shape index (κ2) is 7.79. The summed E-state index contributed by atoms with van der Waals surface area (Å²) in [6, 6.07) is 27.0. The van der Waals surface area contributed by atoms with Gasteiger partial charge in [-0.05, 0) is 48.6 Å². The summed E-state index contributed by atoms with van der Waals surface area (Å²) in [5, 5.41) is 1.13. The van der Waals surface area contributed by atoms with E-state index in [9.17, 15) is 4.79 Å². The van der Waals surface area contributed by atoms with Gasteiger partial charge in [0.25, 0.3) is 5.56 Å². The summed E-state index contributed by atoms with van der Waals surface area (Å²) < 4.78 is 2.63. The van der Waals surface area contributed by atoms with Crippen LogP contribution in [0.2, 0.25) is 0 Å². The van der Waals surface area contributed by atoms with Gasteiger partial charge >= 0.3 is 0 Å². The van der Waals surface area contributed by atoms with Crippen LogP contribution in [0.25, 0.3) is 22.7 Å². The quantitative estimate of drug-likeness (QED) is 0.381. The number of hydrogen-bond donors (Lipinski definition) is 1. The summed E-state index contributed by atoms with van der Waals surface area (Å²) in [6.45, 7) is 2.06. The third-order valence-electron chi connectivity index (χ3n) is 7.21. The molecule has 2 aromatic heterocycles. The first-order valence-electron chi connectivity index (χ1n) is 11.9. The monoisotopic (exact) mass is 473 g/mol. The molecule has 0 fully saturated rings. The third-order valence-corrected chi connectivity index (χ3v) is 8.19. The molecule has 7 rings (SSSR count). The number of thiazole rings is 1. The van der Waals surface area contributed by atoms with E-state index in [1.54, 1.807) is 0 Å².